The molecule has 0 N–H and O–H groups in total. The lowest BCUT2D eigenvalue weighted by Gasteiger charge is -2.08. The first-order valence-electron chi connectivity index (χ1n) is 10.3. The molecule has 0 saturated carbocycles. The molecule has 0 saturated heterocycles. The minimum Gasteiger partial charge on any atom is -0.294 e. The van der Waals surface area contributed by atoms with Crippen molar-refractivity contribution >= 4 is 56.4 Å². The highest BCUT2D eigenvalue weighted by molar-refractivity contribution is 6.30. The number of halogens is 2. The molecule has 0 bridgehead atoms. The SMILES string of the molecule is O=c1c2c3nc4ccccc4nc3n(-c3ccc(Cl)cc3)c2ncn1Cc1ccc(Cl)cc1. The maximum Gasteiger partial charge on any atom is 0.265 e. The number of hydrogen-bond acceptors (Lipinski definition) is 4. The summed E-state index contributed by atoms with van der Waals surface area (Å²) in [5.74, 6) is 0. The lowest BCUT2D eigenvalue weighted by Crippen LogP contribution is -2.21. The van der Waals surface area contributed by atoms with Crippen molar-refractivity contribution in [3.63, 3.8) is 0 Å². The Balaban J connectivity index is 1.67. The van der Waals surface area contributed by atoms with E-state index in [1.165, 1.54) is 0 Å². The van der Waals surface area contributed by atoms with Gasteiger partial charge in [0.15, 0.2) is 11.3 Å². The molecule has 6 nitrogen and oxygen atoms in total. The lowest BCUT2D eigenvalue weighted by atomic mass is 10.2. The van der Waals surface area contributed by atoms with E-state index in [0.717, 1.165) is 16.8 Å². The van der Waals surface area contributed by atoms with Crippen molar-refractivity contribution in [2.45, 2.75) is 6.54 Å². The second-order valence-electron chi connectivity index (χ2n) is 7.70. The molecule has 0 amide bonds. The summed E-state index contributed by atoms with van der Waals surface area (Å²) in [4.78, 5) is 28.0. The van der Waals surface area contributed by atoms with E-state index in [1.54, 1.807) is 35.2 Å². The fraction of sp³-hybridized carbons (Fsp3) is 0.0400. The van der Waals surface area contributed by atoms with Gasteiger partial charge in [0, 0.05) is 15.7 Å². The van der Waals surface area contributed by atoms with Gasteiger partial charge < -0.3 is 0 Å². The summed E-state index contributed by atoms with van der Waals surface area (Å²) in [5.41, 5.74) is 4.60. The highest BCUT2D eigenvalue weighted by Gasteiger charge is 2.21. The predicted octanol–water partition coefficient (Wildman–Crippen LogP) is 5.64. The third kappa shape index (κ3) is 3.35. The van der Waals surface area contributed by atoms with E-state index in [4.69, 9.17) is 33.2 Å². The van der Waals surface area contributed by atoms with Crippen molar-refractivity contribution in [3.8, 4) is 5.69 Å². The standard InChI is InChI=1S/C25H15Cl2N5O/c26-16-7-5-15(6-8-16)13-31-14-28-23-21(25(31)33)22-24(30-20-4-2-1-3-19(20)29-22)32(23)18-11-9-17(27)10-12-18/h1-12,14H,13H2. The Bertz CT molecular complexity index is 1720. The minimum absolute atomic E-state index is 0.183. The van der Waals surface area contributed by atoms with Crippen molar-refractivity contribution < 1.29 is 0 Å². The first-order chi connectivity index (χ1) is 16.1. The van der Waals surface area contributed by atoms with Crippen molar-refractivity contribution in [1.29, 1.82) is 0 Å². The van der Waals surface area contributed by atoms with Crippen LogP contribution in [0.4, 0.5) is 0 Å². The summed E-state index contributed by atoms with van der Waals surface area (Å²) in [5, 5.41) is 1.69. The van der Waals surface area contributed by atoms with Gasteiger partial charge in [-0.05, 0) is 54.1 Å². The number of rotatable bonds is 3. The molecular weight excluding hydrogens is 457 g/mol. The number of benzene rings is 3. The van der Waals surface area contributed by atoms with Gasteiger partial charge in [0.2, 0.25) is 0 Å². The zero-order chi connectivity index (χ0) is 22.5. The fourth-order valence-electron chi connectivity index (χ4n) is 4.01. The van der Waals surface area contributed by atoms with Gasteiger partial charge >= 0.3 is 0 Å². The van der Waals surface area contributed by atoms with Crippen molar-refractivity contribution in [3.05, 3.63) is 105 Å². The Labute approximate surface area is 197 Å². The van der Waals surface area contributed by atoms with Crippen LogP contribution in [-0.2, 0) is 6.54 Å². The molecule has 6 aromatic rings. The molecule has 3 heterocycles. The maximum absolute atomic E-state index is 13.6. The number of fused-ring (bicyclic) bond motifs is 4. The van der Waals surface area contributed by atoms with Gasteiger partial charge in [-0.2, -0.15) is 0 Å². The van der Waals surface area contributed by atoms with Crippen LogP contribution in [0.3, 0.4) is 0 Å². The molecule has 0 aliphatic carbocycles. The van der Waals surface area contributed by atoms with Crippen LogP contribution in [0, 0.1) is 0 Å². The molecule has 0 aliphatic rings. The van der Waals surface area contributed by atoms with Crippen molar-refractivity contribution in [2.24, 2.45) is 0 Å². The number of nitrogens with zero attached hydrogens (tertiary/aromatic N) is 5. The summed E-state index contributed by atoms with van der Waals surface area (Å²) in [7, 11) is 0. The van der Waals surface area contributed by atoms with E-state index >= 15 is 0 Å². The van der Waals surface area contributed by atoms with Crippen LogP contribution in [0.1, 0.15) is 5.56 Å². The largest absolute Gasteiger partial charge is 0.294 e. The van der Waals surface area contributed by atoms with E-state index in [0.29, 0.717) is 44.3 Å². The molecule has 0 radical (unpaired) electrons. The summed E-state index contributed by atoms with van der Waals surface area (Å²) in [6, 6.07) is 22.3. The molecule has 0 unspecified atom stereocenters. The summed E-state index contributed by atoms with van der Waals surface area (Å²) < 4.78 is 3.43. The Morgan fingerprint density at radius 1 is 0.758 bits per heavy atom. The van der Waals surface area contributed by atoms with E-state index < -0.39 is 0 Å². The van der Waals surface area contributed by atoms with E-state index in [-0.39, 0.29) is 5.56 Å². The predicted molar refractivity (Wildman–Crippen MR) is 131 cm³/mol. The Morgan fingerprint density at radius 3 is 2.09 bits per heavy atom. The third-order valence-corrected chi connectivity index (χ3v) is 6.09. The number of aromatic nitrogens is 5. The Morgan fingerprint density at radius 2 is 1.39 bits per heavy atom. The first kappa shape index (κ1) is 19.9. The van der Waals surface area contributed by atoms with Gasteiger partial charge in [-0.25, -0.2) is 15.0 Å². The smallest absolute Gasteiger partial charge is 0.265 e. The minimum atomic E-state index is -0.183. The van der Waals surface area contributed by atoms with Crippen LogP contribution in [0.2, 0.25) is 10.0 Å². The van der Waals surface area contributed by atoms with Gasteiger partial charge in [-0.3, -0.25) is 13.9 Å². The fourth-order valence-corrected chi connectivity index (χ4v) is 4.26. The molecule has 0 atom stereocenters. The highest BCUT2D eigenvalue weighted by atomic mass is 35.5. The third-order valence-electron chi connectivity index (χ3n) is 5.58. The first-order valence-corrected chi connectivity index (χ1v) is 11.0. The van der Waals surface area contributed by atoms with Crippen LogP contribution in [0.15, 0.2) is 83.9 Å². The second-order valence-corrected chi connectivity index (χ2v) is 8.57. The monoisotopic (exact) mass is 471 g/mol. The molecule has 0 fully saturated rings. The molecule has 0 aliphatic heterocycles. The highest BCUT2D eigenvalue weighted by Crippen LogP contribution is 2.28. The Kier molecular flexibility index (Phi) is 4.64. The van der Waals surface area contributed by atoms with Crippen LogP contribution >= 0.6 is 23.2 Å². The summed E-state index contributed by atoms with van der Waals surface area (Å²) in [6.07, 6.45) is 1.56. The van der Waals surface area contributed by atoms with Gasteiger partial charge in [0.25, 0.3) is 5.56 Å². The van der Waals surface area contributed by atoms with Gasteiger partial charge in [-0.1, -0.05) is 47.5 Å². The summed E-state index contributed by atoms with van der Waals surface area (Å²) >= 11 is 12.1. The van der Waals surface area contributed by atoms with Crippen LogP contribution < -0.4 is 5.56 Å². The molecule has 8 heteroatoms. The van der Waals surface area contributed by atoms with Crippen molar-refractivity contribution in [2.75, 3.05) is 0 Å². The van der Waals surface area contributed by atoms with Gasteiger partial charge in [0.1, 0.15) is 17.2 Å². The van der Waals surface area contributed by atoms with Gasteiger partial charge in [0.05, 0.1) is 17.6 Å². The molecule has 3 aromatic heterocycles. The molecule has 6 rings (SSSR count). The molecule has 33 heavy (non-hydrogen) atoms. The molecular formula is C25H15Cl2N5O. The van der Waals surface area contributed by atoms with Crippen LogP contribution in [-0.4, -0.2) is 24.1 Å². The van der Waals surface area contributed by atoms with E-state index in [2.05, 4.69) is 4.98 Å². The zero-order valence-corrected chi connectivity index (χ0v) is 18.6. The average Bonchev–Trinajstić information content (AvgIpc) is 3.15. The maximum atomic E-state index is 13.6. The number of hydrogen-bond donors (Lipinski definition) is 0. The topological polar surface area (TPSA) is 65.6 Å². The zero-order valence-electron chi connectivity index (χ0n) is 17.1. The van der Waals surface area contributed by atoms with Crippen molar-refractivity contribution in [1.82, 2.24) is 24.1 Å². The lowest BCUT2D eigenvalue weighted by molar-refractivity contribution is 0.747. The van der Waals surface area contributed by atoms with E-state index in [9.17, 15) is 4.79 Å². The van der Waals surface area contributed by atoms with Gasteiger partial charge in [-0.15, -0.1) is 0 Å². The Hall–Kier alpha value is -3.74. The molecule has 0 spiro atoms. The van der Waals surface area contributed by atoms with Crippen LogP contribution in [0.5, 0.6) is 0 Å². The summed E-state index contributed by atoms with van der Waals surface area (Å²) in [6.45, 7) is 0.369. The molecule has 160 valence electrons. The number of para-hydroxylation sites is 2. The van der Waals surface area contributed by atoms with Crippen LogP contribution in [0.25, 0.3) is 38.9 Å². The quantitative estimate of drug-likeness (QED) is 0.335. The van der Waals surface area contributed by atoms with E-state index in [1.807, 2.05) is 53.1 Å². The average molecular weight is 472 g/mol. The molecule has 3 aromatic carbocycles. The second kappa shape index (κ2) is 7.69. The normalized spacial score (nSPS) is 11.6.